The Morgan fingerprint density at radius 1 is 1.10 bits per heavy atom. The lowest BCUT2D eigenvalue weighted by atomic mass is 9.94. The summed E-state index contributed by atoms with van der Waals surface area (Å²) in [4.78, 5) is 4.51. The zero-order valence-corrected chi connectivity index (χ0v) is 20.0. The van der Waals surface area contributed by atoms with Crippen molar-refractivity contribution in [2.45, 2.75) is 38.0 Å². The molecule has 4 aromatic rings. The smallest absolute Gasteiger partial charge is 0.167 e. The first-order valence-corrected chi connectivity index (χ1v) is 12.0. The van der Waals surface area contributed by atoms with E-state index in [1.807, 2.05) is 81.4 Å². The highest BCUT2D eigenvalue weighted by Crippen LogP contribution is 2.35. The first kappa shape index (κ1) is 22.0. The van der Waals surface area contributed by atoms with Crippen molar-refractivity contribution in [2.24, 2.45) is 0 Å². The number of para-hydroxylation sites is 1. The number of pyridine rings is 1. The van der Waals surface area contributed by atoms with Crippen molar-refractivity contribution in [3.63, 3.8) is 0 Å². The van der Waals surface area contributed by atoms with Crippen LogP contribution in [0.4, 0.5) is 0 Å². The van der Waals surface area contributed by atoms with Crippen LogP contribution >= 0.6 is 15.9 Å². The normalized spacial score (nSPS) is 14.0. The molecule has 1 N–H and O–H groups in total. The largest absolute Gasteiger partial charge is 0.598 e. The topological polar surface area (TPSA) is 74.0 Å². The highest BCUT2D eigenvalue weighted by Gasteiger charge is 2.31. The highest BCUT2D eigenvalue weighted by atomic mass is 79.9. The number of rotatable bonds is 6. The second kappa shape index (κ2) is 9.12. The van der Waals surface area contributed by atoms with Gasteiger partial charge in [0.2, 0.25) is 0 Å². The van der Waals surface area contributed by atoms with Crippen LogP contribution in [0, 0.1) is 0 Å². The van der Waals surface area contributed by atoms with Crippen LogP contribution in [0.1, 0.15) is 38.1 Å². The molecule has 0 spiro atoms. The third-order valence-corrected chi connectivity index (χ3v) is 7.07. The molecule has 0 radical (unpaired) electrons. The zero-order chi connectivity index (χ0) is 22.0. The molecule has 2 atom stereocenters. The van der Waals surface area contributed by atoms with Gasteiger partial charge in [0.1, 0.15) is 10.4 Å². The predicted octanol–water partition coefficient (Wildman–Crippen LogP) is 5.99. The van der Waals surface area contributed by atoms with Gasteiger partial charge in [-0.25, -0.2) is 0 Å². The number of aromatic nitrogens is 2. The van der Waals surface area contributed by atoms with Gasteiger partial charge in [0.25, 0.3) is 0 Å². The lowest BCUT2D eigenvalue weighted by molar-refractivity contribution is 0.459. The molecule has 7 heteroatoms. The van der Waals surface area contributed by atoms with Crippen LogP contribution in [-0.2, 0) is 17.8 Å². The molecule has 0 bridgehead atoms. The second-order valence-electron chi connectivity index (χ2n) is 8.34. The van der Waals surface area contributed by atoms with Crippen molar-refractivity contribution in [1.82, 2.24) is 14.9 Å². The van der Waals surface area contributed by atoms with Crippen LogP contribution in [0.25, 0.3) is 22.2 Å². The lowest BCUT2D eigenvalue weighted by Crippen LogP contribution is -2.42. The number of hydrogen-bond acceptors (Lipinski definition) is 5. The van der Waals surface area contributed by atoms with Crippen LogP contribution < -0.4 is 4.72 Å². The van der Waals surface area contributed by atoms with Crippen LogP contribution in [0.3, 0.4) is 0 Å². The number of benzene rings is 2. The SMILES string of the molecule is CC(C)(C)[S+]([O-])N[C@@H](Cc1cc(Br)ccn1)c1ccccc1-c1noc2ccccc12. The molecule has 31 heavy (non-hydrogen) atoms. The fourth-order valence-corrected chi connectivity index (χ4v) is 4.59. The Hall–Kier alpha value is -2.19. The molecular weight excluding hydrogens is 474 g/mol. The van der Waals surface area contributed by atoms with Gasteiger partial charge in [0.15, 0.2) is 5.58 Å². The van der Waals surface area contributed by atoms with Crippen LogP contribution in [-0.4, -0.2) is 19.4 Å². The highest BCUT2D eigenvalue weighted by molar-refractivity contribution is 9.10. The van der Waals surface area contributed by atoms with Gasteiger partial charge in [0, 0.05) is 45.1 Å². The molecule has 4 rings (SSSR count). The van der Waals surface area contributed by atoms with Crippen molar-refractivity contribution < 1.29 is 9.08 Å². The van der Waals surface area contributed by atoms with Gasteiger partial charge in [-0.15, -0.1) is 4.72 Å². The quantitative estimate of drug-likeness (QED) is 0.331. The van der Waals surface area contributed by atoms with Gasteiger partial charge in [-0.1, -0.05) is 57.5 Å². The van der Waals surface area contributed by atoms with E-state index in [1.165, 1.54) is 0 Å². The van der Waals surface area contributed by atoms with E-state index in [4.69, 9.17) is 4.52 Å². The van der Waals surface area contributed by atoms with E-state index in [0.717, 1.165) is 38.0 Å². The van der Waals surface area contributed by atoms with E-state index in [0.29, 0.717) is 6.42 Å². The minimum absolute atomic E-state index is 0.228. The van der Waals surface area contributed by atoms with Crippen molar-refractivity contribution >= 4 is 38.3 Å². The fourth-order valence-electron chi connectivity index (χ4n) is 3.39. The number of nitrogens with zero attached hydrogens (tertiary/aromatic N) is 2. The van der Waals surface area contributed by atoms with E-state index in [9.17, 15) is 4.55 Å². The summed E-state index contributed by atoms with van der Waals surface area (Å²) in [6.45, 7) is 5.88. The van der Waals surface area contributed by atoms with Gasteiger partial charge in [-0.05, 0) is 50.6 Å². The maximum Gasteiger partial charge on any atom is 0.167 e. The molecule has 0 saturated carbocycles. The molecule has 0 aliphatic carbocycles. The fraction of sp³-hybridized carbons (Fsp3) is 0.250. The molecule has 1 unspecified atom stereocenters. The van der Waals surface area contributed by atoms with Crippen LogP contribution in [0.5, 0.6) is 0 Å². The van der Waals surface area contributed by atoms with E-state index in [2.05, 4.69) is 30.8 Å². The zero-order valence-electron chi connectivity index (χ0n) is 17.6. The summed E-state index contributed by atoms with van der Waals surface area (Å²) in [6.07, 6.45) is 2.35. The van der Waals surface area contributed by atoms with Gasteiger partial charge in [-0.3, -0.25) is 4.98 Å². The monoisotopic (exact) mass is 497 g/mol. The molecule has 0 aliphatic heterocycles. The van der Waals surface area contributed by atoms with Crippen molar-refractivity contribution in [3.8, 4) is 11.3 Å². The minimum Gasteiger partial charge on any atom is -0.598 e. The Kier molecular flexibility index (Phi) is 6.48. The number of nitrogens with one attached hydrogen (secondary N) is 1. The van der Waals surface area contributed by atoms with Gasteiger partial charge >= 0.3 is 0 Å². The molecule has 0 aliphatic rings. The van der Waals surface area contributed by atoms with E-state index < -0.39 is 16.1 Å². The van der Waals surface area contributed by atoms with E-state index in [1.54, 1.807) is 6.20 Å². The summed E-state index contributed by atoms with van der Waals surface area (Å²) < 4.78 is 22.5. The Morgan fingerprint density at radius 2 is 1.84 bits per heavy atom. The first-order chi connectivity index (χ1) is 14.8. The van der Waals surface area contributed by atoms with E-state index >= 15 is 0 Å². The Labute approximate surface area is 193 Å². The number of hydrogen-bond donors (Lipinski definition) is 1. The Bertz CT molecular complexity index is 1190. The Morgan fingerprint density at radius 3 is 2.61 bits per heavy atom. The maximum absolute atomic E-state index is 13.1. The molecule has 0 fully saturated rings. The average molecular weight is 498 g/mol. The summed E-state index contributed by atoms with van der Waals surface area (Å²) in [7, 11) is 0. The van der Waals surface area contributed by atoms with Gasteiger partial charge < -0.3 is 9.08 Å². The number of fused-ring (bicyclic) bond motifs is 1. The Balaban J connectivity index is 1.79. The third-order valence-electron chi connectivity index (χ3n) is 4.97. The first-order valence-electron chi connectivity index (χ1n) is 10.0. The molecule has 0 amide bonds. The summed E-state index contributed by atoms with van der Waals surface area (Å²) in [6, 6.07) is 19.5. The minimum atomic E-state index is -1.26. The third kappa shape index (κ3) is 5.01. The summed E-state index contributed by atoms with van der Waals surface area (Å²) in [5.41, 5.74) is 4.37. The average Bonchev–Trinajstić information content (AvgIpc) is 3.16. The van der Waals surface area contributed by atoms with Crippen LogP contribution in [0.2, 0.25) is 0 Å². The number of halogens is 1. The molecule has 2 heterocycles. The summed E-state index contributed by atoms with van der Waals surface area (Å²) in [5, 5.41) is 5.31. The van der Waals surface area contributed by atoms with Gasteiger partial charge in [0.05, 0.1) is 6.04 Å². The van der Waals surface area contributed by atoms with E-state index in [-0.39, 0.29) is 6.04 Å². The molecule has 5 nitrogen and oxygen atoms in total. The molecule has 0 saturated heterocycles. The van der Waals surface area contributed by atoms with Crippen LogP contribution in [0.15, 0.2) is 75.9 Å². The summed E-state index contributed by atoms with van der Waals surface area (Å²) >= 11 is 2.26. The van der Waals surface area contributed by atoms with Crippen molar-refractivity contribution in [3.05, 3.63) is 82.6 Å². The molecule has 160 valence electrons. The van der Waals surface area contributed by atoms with Gasteiger partial charge in [-0.2, -0.15) is 0 Å². The summed E-state index contributed by atoms with van der Waals surface area (Å²) in [5.74, 6) is 0. The van der Waals surface area contributed by atoms with Crippen molar-refractivity contribution in [2.75, 3.05) is 0 Å². The standard InChI is InChI=1S/C24H24BrN3O2S/c1-24(2,3)31(29)28-21(15-17-14-16(25)12-13-26-17)18-8-4-5-9-19(18)23-20-10-6-7-11-22(20)30-27-23/h4-14,21,28H,15H2,1-3H3/t21-,31?/m0/s1. The van der Waals surface area contributed by atoms with Crippen molar-refractivity contribution in [1.29, 1.82) is 0 Å². The second-order valence-corrected chi connectivity index (χ2v) is 11.2. The lowest BCUT2D eigenvalue weighted by Gasteiger charge is -2.29. The predicted molar refractivity (Wildman–Crippen MR) is 129 cm³/mol. The maximum atomic E-state index is 13.1. The molecule has 2 aromatic carbocycles. The molecule has 2 aromatic heterocycles. The molecular formula is C24H24BrN3O2S.